The van der Waals surface area contributed by atoms with Crippen molar-refractivity contribution in [3.63, 3.8) is 0 Å². The van der Waals surface area contributed by atoms with Gasteiger partial charge in [0, 0.05) is 33.1 Å². The number of Topliss-reactive ketones (excluding diaryl/α,β-unsaturated/α-hetero) is 2. The van der Waals surface area contributed by atoms with Crippen molar-refractivity contribution >= 4 is 11.6 Å². The Balaban J connectivity index is 1.90. The molecule has 3 nitrogen and oxygen atoms in total. The highest BCUT2D eigenvalue weighted by molar-refractivity contribution is 6.22. The fourth-order valence-electron chi connectivity index (χ4n) is 3.71. The SMILES string of the molecule is CN(C)C=C1C(=O)CC(c2cccc3c2CCCC3)CC1=O. The summed E-state index contributed by atoms with van der Waals surface area (Å²) >= 11 is 0. The van der Waals surface area contributed by atoms with Crippen LogP contribution in [-0.4, -0.2) is 30.6 Å². The van der Waals surface area contributed by atoms with Crippen molar-refractivity contribution in [2.75, 3.05) is 14.1 Å². The van der Waals surface area contributed by atoms with Crippen LogP contribution in [0.4, 0.5) is 0 Å². The summed E-state index contributed by atoms with van der Waals surface area (Å²) < 4.78 is 0. The number of benzene rings is 1. The van der Waals surface area contributed by atoms with Crippen LogP contribution in [0.1, 0.15) is 48.3 Å². The van der Waals surface area contributed by atoms with Crippen molar-refractivity contribution in [2.24, 2.45) is 0 Å². The van der Waals surface area contributed by atoms with Gasteiger partial charge >= 0.3 is 0 Å². The minimum absolute atomic E-state index is 0.0108. The summed E-state index contributed by atoms with van der Waals surface area (Å²) in [6.07, 6.45) is 7.26. The standard InChI is InChI=1S/C19H23NO2/c1-20(2)12-17-18(21)10-14(11-19(17)22)16-9-5-7-13-6-3-4-8-15(13)16/h5,7,9,12,14H,3-4,6,8,10-11H2,1-2H3. The van der Waals surface area contributed by atoms with Crippen LogP contribution in [0.15, 0.2) is 30.0 Å². The molecule has 0 heterocycles. The minimum Gasteiger partial charge on any atom is -0.383 e. The Morgan fingerprint density at radius 3 is 2.41 bits per heavy atom. The van der Waals surface area contributed by atoms with Crippen LogP contribution >= 0.6 is 0 Å². The van der Waals surface area contributed by atoms with Crippen LogP contribution in [0.25, 0.3) is 0 Å². The molecule has 2 aliphatic carbocycles. The van der Waals surface area contributed by atoms with Gasteiger partial charge < -0.3 is 4.90 Å². The molecule has 1 fully saturated rings. The number of nitrogens with zero attached hydrogens (tertiary/aromatic N) is 1. The third kappa shape index (κ3) is 2.85. The Kier molecular flexibility index (Phi) is 4.14. The number of hydrogen-bond donors (Lipinski definition) is 0. The van der Waals surface area contributed by atoms with Gasteiger partial charge in [0.1, 0.15) is 0 Å². The van der Waals surface area contributed by atoms with Gasteiger partial charge in [0.05, 0.1) is 5.57 Å². The molecule has 2 aliphatic rings. The van der Waals surface area contributed by atoms with Gasteiger partial charge in [-0.25, -0.2) is 0 Å². The molecule has 22 heavy (non-hydrogen) atoms. The van der Waals surface area contributed by atoms with Crippen molar-refractivity contribution in [2.45, 2.75) is 44.4 Å². The topological polar surface area (TPSA) is 37.4 Å². The highest BCUT2D eigenvalue weighted by atomic mass is 16.1. The second-order valence-electron chi connectivity index (χ2n) is 6.65. The molecule has 0 aliphatic heterocycles. The van der Waals surface area contributed by atoms with Gasteiger partial charge in [-0.3, -0.25) is 9.59 Å². The number of hydrogen-bond acceptors (Lipinski definition) is 3. The van der Waals surface area contributed by atoms with Crippen LogP contribution in [0.5, 0.6) is 0 Å². The first kappa shape index (κ1) is 15.0. The fourth-order valence-corrected chi connectivity index (χ4v) is 3.71. The molecule has 1 aromatic carbocycles. The van der Waals surface area contributed by atoms with Crippen molar-refractivity contribution in [3.05, 3.63) is 46.7 Å². The van der Waals surface area contributed by atoms with Gasteiger partial charge in [-0.2, -0.15) is 0 Å². The fraction of sp³-hybridized carbons (Fsp3) is 0.474. The predicted molar refractivity (Wildman–Crippen MR) is 86.8 cm³/mol. The Hall–Kier alpha value is -1.90. The summed E-state index contributed by atoms with van der Waals surface area (Å²) in [6, 6.07) is 6.40. The maximum absolute atomic E-state index is 12.4. The first-order valence-electron chi connectivity index (χ1n) is 8.11. The molecule has 0 N–H and O–H groups in total. The lowest BCUT2D eigenvalue weighted by Gasteiger charge is -2.27. The third-order valence-corrected chi connectivity index (χ3v) is 4.72. The largest absolute Gasteiger partial charge is 0.383 e. The molecule has 0 spiro atoms. The van der Waals surface area contributed by atoms with E-state index in [-0.39, 0.29) is 17.5 Å². The second-order valence-corrected chi connectivity index (χ2v) is 6.65. The summed E-state index contributed by atoms with van der Waals surface area (Å²) in [5.74, 6) is 0.0408. The van der Waals surface area contributed by atoms with Crippen molar-refractivity contribution in [3.8, 4) is 0 Å². The van der Waals surface area contributed by atoms with Crippen LogP contribution in [-0.2, 0) is 22.4 Å². The Labute approximate surface area is 132 Å². The highest BCUT2D eigenvalue weighted by Crippen LogP contribution is 2.36. The number of carbonyl (C=O) groups excluding carboxylic acids is 2. The molecule has 3 heteroatoms. The summed E-state index contributed by atoms with van der Waals surface area (Å²) in [6.45, 7) is 0. The van der Waals surface area contributed by atoms with E-state index in [0.717, 1.165) is 12.8 Å². The van der Waals surface area contributed by atoms with Crippen LogP contribution in [0, 0.1) is 0 Å². The van der Waals surface area contributed by atoms with Gasteiger partial charge in [-0.15, -0.1) is 0 Å². The minimum atomic E-state index is -0.0108. The monoisotopic (exact) mass is 297 g/mol. The molecule has 0 aromatic heterocycles. The first-order valence-corrected chi connectivity index (χ1v) is 8.11. The summed E-state index contributed by atoms with van der Waals surface area (Å²) in [4.78, 5) is 26.5. The van der Waals surface area contributed by atoms with Crippen LogP contribution in [0.2, 0.25) is 0 Å². The van der Waals surface area contributed by atoms with E-state index in [9.17, 15) is 9.59 Å². The number of aryl methyl sites for hydroxylation is 1. The predicted octanol–water partition coefficient (Wildman–Crippen LogP) is 3.03. The van der Waals surface area contributed by atoms with Crippen molar-refractivity contribution in [1.29, 1.82) is 0 Å². The van der Waals surface area contributed by atoms with Gasteiger partial charge in [-0.05, 0) is 48.3 Å². The van der Waals surface area contributed by atoms with Gasteiger partial charge in [0.25, 0.3) is 0 Å². The van der Waals surface area contributed by atoms with Crippen LogP contribution < -0.4 is 0 Å². The molecular formula is C19H23NO2. The zero-order chi connectivity index (χ0) is 15.7. The Bertz CT molecular complexity index is 623. The molecule has 0 amide bonds. The van der Waals surface area contributed by atoms with Gasteiger partial charge in [-0.1, -0.05) is 18.2 Å². The van der Waals surface area contributed by atoms with Gasteiger partial charge in [0.2, 0.25) is 0 Å². The van der Waals surface area contributed by atoms with E-state index >= 15 is 0 Å². The average Bonchev–Trinajstić information content (AvgIpc) is 2.50. The first-order chi connectivity index (χ1) is 10.6. The molecule has 0 atom stereocenters. The third-order valence-electron chi connectivity index (χ3n) is 4.72. The molecule has 1 saturated carbocycles. The zero-order valence-electron chi connectivity index (χ0n) is 13.4. The van der Waals surface area contributed by atoms with Gasteiger partial charge in [0.15, 0.2) is 11.6 Å². The molecule has 0 saturated heterocycles. The summed E-state index contributed by atoms with van der Waals surface area (Å²) in [5, 5.41) is 0. The highest BCUT2D eigenvalue weighted by Gasteiger charge is 2.33. The second kappa shape index (κ2) is 6.07. The van der Waals surface area contributed by atoms with Crippen molar-refractivity contribution in [1.82, 2.24) is 4.90 Å². The van der Waals surface area contributed by atoms with E-state index < -0.39 is 0 Å². The number of carbonyl (C=O) groups is 2. The van der Waals surface area contributed by atoms with E-state index in [2.05, 4.69) is 18.2 Å². The van der Waals surface area contributed by atoms with E-state index in [4.69, 9.17) is 0 Å². The van der Waals surface area contributed by atoms with E-state index in [1.807, 2.05) is 14.1 Å². The molecule has 0 unspecified atom stereocenters. The summed E-state index contributed by atoms with van der Waals surface area (Å²) in [7, 11) is 3.68. The smallest absolute Gasteiger partial charge is 0.168 e. The normalized spacial score (nSPS) is 21.5. The molecule has 3 rings (SSSR count). The van der Waals surface area contributed by atoms with E-state index in [1.54, 1.807) is 11.1 Å². The quantitative estimate of drug-likeness (QED) is 0.622. The molecular weight excluding hydrogens is 274 g/mol. The maximum Gasteiger partial charge on any atom is 0.168 e. The number of rotatable bonds is 2. The summed E-state index contributed by atoms with van der Waals surface area (Å²) in [5.41, 5.74) is 4.42. The number of ketones is 2. The number of allylic oxidation sites excluding steroid dienone is 1. The molecule has 116 valence electrons. The molecule has 0 radical (unpaired) electrons. The van der Waals surface area contributed by atoms with Crippen molar-refractivity contribution < 1.29 is 9.59 Å². The molecule has 1 aromatic rings. The van der Waals surface area contributed by atoms with E-state index in [1.165, 1.54) is 29.5 Å². The number of fused-ring (bicyclic) bond motifs is 1. The van der Waals surface area contributed by atoms with E-state index in [0.29, 0.717) is 18.4 Å². The lowest BCUT2D eigenvalue weighted by atomic mass is 9.76. The Morgan fingerprint density at radius 1 is 1.05 bits per heavy atom. The zero-order valence-corrected chi connectivity index (χ0v) is 13.4. The lowest BCUT2D eigenvalue weighted by molar-refractivity contribution is -0.124. The Morgan fingerprint density at radius 2 is 1.73 bits per heavy atom. The van der Waals surface area contributed by atoms with Crippen LogP contribution in [0.3, 0.4) is 0 Å². The maximum atomic E-state index is 12.4. The average molecular weight is 297 g/mol. The molecule has 0 bridgehead atoms. The lowest BCUT2D eigenvalue weighted by Crippen LogP contribution is -2.27.